The zero-order valence-electron chi connectivity index (χ0n) is 16.9. The topological polar surface area (TPSA) is 106 Å². The largest absolute Gasteiger partial charge is 0.438 e. The fraction of sp³-hybridized carbons (Fsp3) is 0.636. The Bertz CT molecular complexity index is 749. The summed E-state index contributed by atoms with van der Waals surface area (Å²) in [7, 11) is 0. The van der Waals surface area contributed by atoms with Crippen molar-refractivity contribution >= 4 is 11.9 Å². The van der Waals surface area contributed by atoms with Gasteiger partial charge in [0.25, 0.3) is 0 Å². The molecule has 0 radical (unpaired) electrons. The van der Waals surface area contributed by atoms with Crippen LogP contribution in [0.25, 0.3) is 0 Å². The lowest BCUT2D eigenvalue weighted by atomic mass is 9.76. The van der Waals surface area contributed by atoms with Crippen LogP contribution in [0.1, 0.15) is 44.1 Å². The van der Waals surface area contributed by atoms with Crippen LogP contribution < -0.4 is 0 Å². The third-order valence-corrected chi connectivity index (χ3v) is 6.53. The first-order valence-electron chi connectivity index (χ1n) is 10.7. The molecule has 2 saturated heterocycles. The molecule has 4 rings (SSSR count). The maximum Gasteiger partial charge on any atom is 0.357 e. The van der Waals surface area contributed by atoms with Crippen LogP contribution in [0.3, 0.4) is 0 Å². The molecule has 3 aliphatic rings. The SMILES string of the molecule is O=C1ON2CCC[C@]2(C2CCC(COCc3ccccc3)CC2)OC(=O)C(O)C1O. The first kappa shape index (κ1) is 21.2. The second-order valence-corrected chi connectivity index (χ2v) is 8.49. The summed E-state index contributed by atoms with van der Waals surface area (Å²) in [4.78, 5) is 29.8. The lowest BCUT2D eigenvalue weighted by molar-refractivity contribution is -0.304. The van der Waals surface area contributed by atoms with E-state index in [1.165, 1.54) is 5.06 Å². The number of benzene rings is 1. The summed E-state index contributed by atoms with van der Waals surface area (Å²) >= 11 is 0. The summed E-state index contributed by atoms with van der Waals surface area (Å²) in [6.07, 6.45) is 0.825. The van der Waals surface area contributed by atoms with Gasteiger partial charge in [-0.3, -0.25) is 0 Å². The molecular weight excluding hydrogens is 390 g/mol. The lowest BCUT2D eigenvalue weighted by Crippen LogP contribution is -2.60. The molecule has 0 aromatic heterocycles. The molecule has 8 heteroatoms. The molecule has 0 amide bonds. The highest BCUT2D eigenvalue weighted by molar-refractivity contribution is 5.85. The molecule has 2 unspecified atom stereocenters. The number of rotatable bonds is 5. The number of hydrogen-bond donors (Lipinski definition) is 2. The highest BCUT2D eigenvalue weighted by Crippen LogP contribution is 2.46. The van der Waals surface area contributed by atoms with E-state index in [2.05, 4.69) is 0 Å². The molecule has 0 bridgehead atoms. The van der Waals surface area contributed by atoms with E-state index in [0.29, 0.717) is 38.5 Å². The van der Waals surface area contributed by atoms with Crippen molar-refractivity contribution in [2.45, 2.75) is 63.1 Å². The van der Waals surface area contributed by atoms with Crippen molar-refractivity contribution in [3.05, 3.63) is 35.9 Å². The maximum atomic E-state index is 12.4. The lowest BCUT2D eigenvalue weighted by Gasteiger charge is -2.46. The Morgan fingerprint density at radius 3 is 2.47 bits per heavy atom. The summed E-state index contributed by atoms with van der Waals surface area (Å²) in [5, 5.41) is 21.1. The molecule has 1 aliphatic carbocycles. The molecular formula is C22H29NO7. The van der Waals surface area contributed by atoms with Crippen molar-refractivity contribution in [3.63, 3.8) is 0 Å². The molecule has 1 saturated carbocycles. The predicted molar refractivity (Wildman–Crippen MR) is 104 cm³/mol. The van der Waals surface area contributed by atoms with Crippen molar-refractivity contribution in [2.24, 2.45) is 11.8 Å². The van der Waals surface area contributed by atoms with Crippen molar-refractivity contribution in [2.75, 3.05) is 13.2 Å². The number of hydrogen-bond acceptors (Lipinski definition) is 8. The van der Waals surface area contributed by atoms with E-state index in [4.69, 9.17) is 14.3 Å². The molecule has 3 fully saturated rings. The van der Waals surface area contributed by atoms with Crippen LogP contribution in [0.4, 0.5) is 0 Å². The van der Waals surface area contributed by atoms with Gasteiger partial charge in [-0.05, 0) is 43.6 Å². The van der Waals surface area contributed by atoms with E-state index in [1.807, 2.05) is 30.3 Å². The number of aliphatic hydroxyl groups is 2. The van der Waals surface area contributed by atoms with Gasteiger partial charge in [0.2, 0.25) is 5.72 Å². The molecule has 2 aliphatic heterocycles. The summed E-state index contributed by atoms with van der Waals surface area (Å²) in [5.74, 6) is -1.58. The second-order valence-electron chi connectivity index (χ2n) is 8.49. The third-order valence-electron chi connectivity index (χ3n) is 6.53. The number of hydroxylamine groups is 2. The normalized spacial score (nSPS) is 35.1. The van der Waals surface area contributed by atoms with Gasteiger partial charge in [0.15, 0.2) is 12.2 Å². The molecule has 2 heterocycles. The van der Waals surface area contributed by atoms with Gasteiger partial charge in [-0.15, -0.1) is 0 Å². The quantitative estimate of drug-likeness (QED) is 0.693. The van der Waals surface area contributed by atoms with Gasteiger partial charge in [0, 0.05) is 25.5 Å². The van der Waals surface area contributed by atoms with E-state index < -0.39 is 29.9 Å². The van der Waals surface area contributed by atoms with E-state index >= 15 is 0 Å². The predicted octanol–water partition coefficient (Wildman–Crippen LogP) is 1.54. The fourth-order valence-corrected chi connectivity index (χ4v) is 4.86. The maximum absolute atomic E-state index is 12.4. The van der Waals surface area contributed by atoms with Crippen LogP contribution >= 0.6 is 0 Å². The highest BCUT2D eigenvalue weighted by atomic mass is 16.8. The average molecular weight is 419 g/mol. The number of aliphatic hydroxyl groups excluding tert-OH is 2. The monoisotopic (exact) mass is 419 g/mol. The fourth-order valence-electron chi connectivity index (χ4n) is 4.86. The molecule has 30 heavy (non-hydrogen) atoms. The Kier molecular flexibility index (Phi) is 6.38. The number of ether oxygens (including phenoxy) is 2. The number of carbonyl (C=O) groups is 2. The molecule has 0 spiro atoms. The minimum Gasteiger partial charge on any atom is -0.438 e. The molecule has 164 valence electrons. The first-order chi connectivity index (χ1) is 14.5. The van der Waals surface area contributed by atoms with Gasteiger partial charge in [-0.25, -0.2) is 9.59 Å². The van der Waals surface area contributed by atoms with Crippen LogP contribution in [0, 0.1) is 11.8 Å². The van der Waals surface area contributed by atoms with E-state index in [0.717, 1.165) is 31.2 Å². The van der Waals surface area contributed by atoms with Gasteiger partial charge in [-0.2, -0.15) is 0 Å². The summed E-state index contributed by atoms with van der Waals surface area (Å²) in [5.41, 5.74) is 0.0830. The van der Waals surface area contributed by atoms with Crippen LogP contribution in [-0.4, -0.2) is 58.3 Å². The van der Waals surface area contributed by atoms with Gasteiger partial charge in [0.05, 0.1) is 6.61 Å². The van der Waals surface area contributed by atoms with Crippen LogP contribution in [0.2, 0.25) is 0 Å². The third kappa shape index (κ3) is 4.23. The zero-order valence-corrected chi connectivity index (χ0v) is 16.9. The Morgan fingerprint density at radius 1 is 1.03 bits per heavy atom. The van der Waals surface area contributed by atoms with Crippen molar-refractivity contribution in [1.82, 2.24) is 5.06 Å². The van der Waals surface area contributed by atoms with Gasteiger partial charge in [-0.1, -0.05) is 35.4 Å². The number of esters is 1. The standard InChI is InChI=1S/C22H29NO7/c24-18-19(25)21(27)30-23-12-4-11-22(23,29-20(18)26)17-9-7-16(8-10-17)14-28-13-15-5-2-1-3-6-15/h1-3,5-6,16-19,24-25H,4,7-14H2/t16?,17?,18?,19?,22-/m1/s1. The van der Waals surface area contributed by atoms with Gasteiger partial charge >= 0.3 is 11.9 Å². The number of nitrogens with zero attached hydrogens (tertiary/aromatic N) is 1. The molecule has 1 aromatic carbocycles. The summed E-state index contributed by atoms with van der Waals surface area (Å²) < 4.78 is 11.6. The zero-order chi connectivity index (χ0) is 21.1. The van der Waals surface area contributed by atoms with Gasteiger partial charge in [0.1, 0.15) is 0 Å². The van der Waals surface area contributed by atoms with Crippen molar-refractivity contribution in [3.8, 4) is 0 Å². The minimum absolute atomic E-state index is 0.00966. The van der Waals surface area contributed by atoms with Gasteiger partial charge < -0.3 is 24.5 Å². The summed E-state index contributed by atoms with van der Waals surface area (Å²) in [6, 6.07) is 10.1. The van der Waals surface area contributed by atoms with Crippen molar-refractivity contribution in [1.29, 1.82) is 0 Å². The van der Waals surface area contributed by atoms with Crippen molar-refractivity contribution < 1.29 is 34.1 Å². The second kappa shape index (κ2) is 9.01. The number of fused-ring (bicyclic) bond motifs is 1. The number of carbonyl (C=O) groups excluding carboxylic acids is 2. The molecule has 1 aromatic rings. The Hall–Kier alpha value is -2.00. The highest BCUT2D eigenvalue weighted by Gasteiger charge is 2.56. The Labute approximate surface area is 175 Å². The van der Waals surface area contributed by atoms with E-state index in [-0.39, 0.29) is 5.92 Å². The van der Waals surface area contributed by atoms with Crippen LogP contribution in [0.15, 0.2) is 30.3 Å². The minimum atomic E-state index is -1.94. The Morgan fingerprint density at radius 2 is 1.73 bits per heavy atom. The molecule has 8 nitrogen and oxygen atoms in total. The average Bonchev–Trinajstić information content (AvgIpc) is 3.15. The van der Waals surface area contributed by atoms with Crippen LogP contribution in [-0.2, 0) is 30.5 Å². The Balaban J connectivity index is 1.36. The van der Waals surface area contributed by atoms with E-state index in [9.17, 15) is 19.8 Å². The van der Waals surface area contributed by atoms with E-state index in [1.54, 1.807) is 0 Å². The van der Waals surface area contributed by atoms with Crippen LogP contribution in [0.5, 0.6) is 0 Å². The molecule has 3 atom stereocenters. The molecule has 2 N–H and O–H groups in total. The first-order valence-corrected chi connectivity index (χ1v) is 10.7. The summed E-state index contributed by atoms with van der Waals surface area (Å²) in [6.45, 7) is 1.70. The smallest absolute Gasteiger partial charge is 0.357 e.